The van der Waals surface area contributed by atoms with Gasteiger partial charge in [-0.25, -0.2) is 15.0 Å². The van der Waals surface area contributed by atoms with Crippen molar-refractivity contribution in [2.75, 3.05) is 0 Å². The van der Waals surface area contributed by atoms with Gasteiger partial charge in [0.05, 0.1) is 5.41 Å². The summed E-state index contributed by atoms with van der Waals surface area (Å²) in [5, 5.41) is 2.15. The van der Waals surface area contributed by atoms with Crippen LogP contribution in [0.5, 0.6) is 0 Å². The molecule has 0 saturated heterocycles. The summed E-state index contributed by atoms with van der Waals surface area (Å²) < 4.78 is 6.58. The topological polar surface area (TPSA) is 51.8 Å². The summed E-state index contributed by atoms with van der Waals surface area (Å²) in [6.45, 7) is 0. The van der Waals surface area contributed by atoms with E-state index in [4.69, 9.17) is 19.4 Å². The number of benzene rings is 9. The molecule has 62 heavy (non-hydrogen) atoms. The van der Waals surface area contributed by atoms with Gasteiger partial charge in [-0.15, -0.1) is 0 Å². The molecule has 11 aromatic rings. The second-order valence-corrected chi connectivity index (χ2v) is 16.3. The van der Waals surface area contributed by atoms with E-state index in [0.29, 0.717) is 17.5 Å². The average molecular weight is 790 g/mol. The molecular formula is C58H35N3O. The Morgan fingerprint density at radius 2 is 0.742 bits per heavy atom. The van der Waals surface area contributed by atoms with Gasteiger partial charge in [0, 0.05) is 27.5 Å². The van der Waals surface area contributed by atoms with Crippen LogP contribution in [0.25, 0.3) is 101 Å². The molecule has 2 aliphatic rings. The van der Waals surface area contributed by atoms with Gasteiger partial charge in [0.15, 0.2) is 17.5 Å². The van der Waals surface area contributed by atoms with Crippen molar-refractivity contribution in [3.8, 4) is 78.7 Å². The van der Waals surface area contributed by atoms with Crippen LogP contribution >= 0.6 is 0 Å². The largest absolute Gasteiger partial charge is 0.456 e. The fourth-order valence-electron chi connectivity index (χ4n) is 10.3. The molecule has 0 N–H and O–H groups in total. The molecule has 0 fully saturated rings. The van der Waals surface area contributed by atoms with Crippen molar-refractivity contribution < 1.29 is 4.42 Å². The molecule has 2 heterocycles. The van der Waals surface area contributed by atoms with Crippen molar-refractivity contribution >= 4 is 21.9 Å². The van der Waals surface area contributed by atoms with Gasteiger partial charge in [0.2, 0.25) is 0 Å². The molecule has 1 spiro atoms. The first-order chi connectivity index (χ1) is 30.7. The standard InChI is InChI=1S/C58H35N3O/c1-3-14-36(15-4-1)37-26-28-39(29-27-37)55-59-56(61-57(60-55)41-31-33-47-53(35-41)62-52-25-13-21-42(54(47)52)38-16-5-2-6-17-38)40-30-32-46-45-20-9-12-24-50(45)58(51(46)34-40)48-22-10-7-18-43(48)44-19-8-11-23-49(44)58/h1-35H. The van der Waals surface area contributed by atoms with E-state index >= 15 is 0 Å². The van der Waals surface area contributed by atoms with Crippen molar-refractivity contribution in [1.82, 2.24) is 15.0 Å². The minimum Gasteiger partial charge on any atom is -0.456 e. The smallest absolute Gasteiger partial charge is 0.164 e. The van der Waals surface area contributed by atoms with Crippen LogP contribution < -0.4 is 0 Å². The molecule has 4 heteroatoms. The molecule has 0 saturated carbocycles. The highest BCUT2D eigenvalue weighted by Gasteiger charge is 2.51. The molecule has 0 amide bonds. The van der Waals surface area contributed by atoms with E-state index in [1.165, 1.54) is 44.5 Å². The first-order valence-electron chi connectivity index (χ1n) is 21.1. The highest BCUT2D eigenvalue weighted by molar-refractivity contribution is 6.13. The third kappa shape index (κ3) is 5.04. The summed E-state index contributed by atoms with van der Waals surface area (Å²) in [7, 11) is 0. The summed E-state index contributed by atoms with van der Waals surface area (Å²) in [5.74, 6) is 1.80. The highest BCUT2D eigenvalue weighted by Crippen LogP contribution is 2.63. The second kappa shape index (κ2) is 13.4. The maximum Gasteiger partial charge on any atom is 0.164 e. The number of furan rings is 1. The van der Waals surface area contributed by atoms with Gasteiger partial charge in [-0.2, -0.15) is 0 Å². The molecule has 0 radical (unpaired) electrons. The van der Waals surface area contributed by atoms with Gasteiger partial charge in [-0.05, 0) is 91.0 Å². The van der Waals surface area contributed by atoms with Gasteiger partial charge in [0.1, 0.15) is 11.2 Å². The zero-order valence-electron chi connectivity index (χ0n) is 33.5. The number of hydrogen-bond acceptors (Lipinski definition) is 4. The van der Waals surface area contributed by atoms with Crippen molar-refractivity contribution in [3.05, 3.63) is 235 Å². The molecular weight excluding hydrogens is 755 g/mol. The zero-order chi connectivity index (χ0) is 40.8. The quantitative estimate of drug-likeness (QED) is 0.174. The van der Waals surface area contributed by atoms with Gasteiger partial charge >= 0.3 is 0 Å². The van der Waals surface area contributed by atoms with Gasteiger partial charge in [0.25, 0.3) is 0 Å². The summed E-state index contributed by atoms with van der Waals surface area (Å²) in [5.41, 5.74) is 18.6. The third-order valence-corrected chi connectivity index (χ3v) is 13.0. The minimum absolute atomic E-state index is 0.480. The lowest BCUT2D eigenvalue weighted by Gasteiger charge is -2.30. The van der Waals surface area contributed by atoms with E-state index in [2.05, 4.69) is 194 Å². The number of rotatable bonds is 5. The fourth-order valence-corrected chi connectivity index (χ4v) is 10.3. The molecule has 0 atom stereocenters. The zero-order valence-corrected chi connectivity index (χ0v) is 33.5. The molecule has 0 aliphatic heterocycles. The Hall–Kier alpha value is -8.21. The number of nitrogens with zero attached hydrogens (tertiary/aromatic N) is 3. The van der Waals surface area contributed by atoms with Crippen LogP contribution in [0.15, 0.2) is 217 Å². The van der Waals surface area contributed by atoms with Gasteiger partial charge in [-0.3, -0.25) is 0 Å². The Morgan fingerprint density at radius 3 is 1.37 bits per heavy atom. The number of aromatic nitrogens is 3. The van der Waals surface area contributed by atoms with Crippen LogP contribution in [0.4, 0.5) is 0 Å². The normalized spacial score (nSPS) is 13.0. The molecule has 2 aromatic heterocycles. The Bertz CT molecular complexity index is 3510. The predicted octanol–water partition coefficient (Wildman–Crippen LogP) is 14.4. The van der Waals surface area contributed by atoms with E-state index in [0.717, 1.165) is 60.9 Å². The molecule has 13 rings (SSSR count). The van der Waals surface area contributed by atoms with Crippen molar-refractivity contribution in [3.63, 3.8) is 0 Å². The minimum atomic E-state index is -0.480. The molecule has 0 bridgehead atoms. The Balaban J connectivity index is 1.01. The molecule has 288 valence electrons. The van der Waals surface area contributed by atoms with Gasteiger partial charge in [-0.1, -0.05) is 188 Å². The van der Waals surface area contributed by atoms with Crippen LogP contribution in [0.1, 0.15) is 22.3 Å². The maximum absolute atomic E-state index is 6.58. The molecule has 2 aliphatic carbocycles. The first-order valence-corrected chi connectivity index (χ1v) is 21.1. The monoisotopic (exact) mass is 789 g/mol. The van der Waals surface area contributed by atoms with Crippen molar-refractivity contribution in [2.24, 2.45) is 0 Å². The van der Waals surface area contributed by atoms with E-state index in [1.54, 1.807) is 0 Å². The number of hydrogen-bond donors (Lipinski definition) is 0. The van der Waals surface area contributed by atoms with Crippen LogP contribution in [0.3, 0.4) is 0 Å². The van der Waals surface area contributed by atoms with Crippen molar-refractivity contribution in [2.45, 2.75) is 5.41 Å². The van der Waals surface area contributed by atoms with E-state index in [1.807, 2.05) is 18.2 Å². The average Bonchev–Trinajstić information content (AvgIpc) is 3.98. The Labute approximate surface area is 358 Å². The highest BCUT2D eigenvalue weighted by atomic mass is 16.3. The lowest BCUT2D eigenvalue weighted by atomic mass is 9.70. The summed E-state index contributed by atoms with van der Waals surface area (Å²) in [4.78, 5) is 15.8. The van der Waals surface area contributed by atoms with Crippen LogP contribution in [0, 0.1) is 0 Å². The second-order valence-electron chi connectivity index (χ2n) is 16.3. The Morgan fingerprint density at radius 1 is 0.290 bits per heavy atom. The van der Waals surface area contributed by atoms with E-state index in [-0.39, 0.29) is 0 Å². The first kappa shape index (κ1) is 34.6. The molecule has 0 unspecified atom stereocenters. The summed E-state index contributed by atoms with van der Waals surface area (Å²) >= 11 is 0. The van der Waals surface area contributed by atoms with Crippen LogP contribution in [-0.2, 0) is 5.41 Å². The summed E-state index contributed by atoms with van der Waals surface area (Å²) in [6.07, 6.45) is 0. The van der Waals surface area contributed by atoms with Crippen molar-refractivity contribution in [1.29, 1.82) is 0 Å². The maximum atomic E-state index is 6.58. The van der Waals surface area contributed by atoms with E-state index in [9.17, 15) is 0 Å². The fraction of sp³-hybridized carbons (Fsp3) is 0.0172. The lowest BCUT2D eigenvalue weighted by molar-refractivity contribution is 0.669. The van der Waals surface area contributed by atoms with Crippen LogP contribution in [-0.4, -0.2) is 15.0 Å². The van der Waals surface area contributed by atoms with E-state index < -0.39 is 5.41 Å². The van der Waals surface area contributed by atoms with Gasteiger partial charge < -0.3 is 4.42 Å². The molecule has 9 aromatic carbocycles. The molecule has 4 nitrogen and oxygen atoms in total. The van der Waals surface area contributed by atoms with Crippen LogP contribution in [0.2, 0.25) is 0 Å². The lowest BCUT2D eigenvalue weighted by Crippen LogP contribution is -2.25. The number of fused-ring (bicyclic) bond motifs is 13. The summed E-state index contributed by atoms with van der Waals surface area (Å²) in [6, 6.07) is 75.5. The predicted molar refractivity (Wildman–Crippen MR) is 251 cm³/mol. The Kier molecular flexibility index (Phi) is 7.49. The third-order valence-electron chi connectivity index (χ3n) is 13.0. The SMILES string of the molecule is c1ccc(-c2ccc(-c3nc(-c4ccc5c(c4)C4(c6ccccc6-c6ccccc64)c4ccccc4-5)nc(-c4ccc5c(c4)oc4cccc(-c6ccccc6)c45)n3)cc2)cc1.